The molecule has 0 bridgehead atoms. The molecule has 1 heterocycles. The molecule has 1 aromatic heterocycles. The van der Waals surface area contributed by atoms with Gasteiger partial charge >= 0.3 is 0 Å². The number of anilines is 2. The molecule has 0 saturated heterocycles. The first-order chi connectivity index (χ1) is 14.5. The largest absolute Gasteiger partial charge is 0.494 e. The van der Waals surface area contributed by atoms with Crippen LogP contribution in [-0.4, -0.2) is 38.4 Å². The second-order valence-electron chi connectivity index (χ2n) is 6.42. The van der Waals surface area contributed by atoms with Gasteiger partial charge in [0, 0.05) is 18.3 Å². The zero-order valence-electron chi connectivity index (χ0n) is 17.0. The zero-order chi connectivity index (χ0) is 21.5. The van der Waals surface area contributed by atoms with Gasteiger partial charge in [0.05, 0.1) is 17.5 Å². The normalized spacial score (nSPS) is 11.6. The number of amides is 2. The van der Waals surface area contributed by atoms with E-state index < -0.39 is 5.25 Å². The standard InChI is InChI=1S/C21H23N5O3S/c1-4-29-19-10-8-16(9-11-19)24-20(28)14(2)30-21-25-22-13-26(21)18-7-5-6-17(12-18)23-15(3)27/h5-14H,4H2,1-3H3,(H,23,27)(H,24,28). The van der Waals surface area contributed by atoms with Crippen LogP contribution >= 0.6 is 11.8 Å². The van der Waals surface area contributed by atoms with Crippen molar-refractivity contribution in [3.05, 3.63) is 54.9 Å². The Kier molecular flexibility index (Phi) is 7.08. The molecule has 0 aliphatic heterocycles. The molecule has 0 fully saturated rings. The zero-order valence-corrected chi connectivity index (χ0v) is 17.8. The Bertz CT molecular complexity index is 1020. The van der Waals surface area contributed by atoms with E-state index in [1.54, 1.807) is 36.0 Å². The lowest BCUT2D eigenvalue weighted by Crippen LogP contribution is -2.22. The third-order valence-corrected chi connectivity index (χ3v) is 5.10. The van der Waals surface area contributed by atoms with E-state index in [1.165, 1.54) is 18.7 Å². The van der Waals surface area contributed by atoms with Crippen molar-refractivity contribution in [3.63, 3.8) is 0 Å². The fourth-order valence-electron chi connectivity index (χ4n) is 2.68. The molecular weight excluding hydrogens is 402 g/mol. The lowest BCUT2D eigenvalue weighted by molar-refractivity contribution is -0.115. The molecule has 9 heteroatoms. The van der Waals surface area contributed by atoms with Crippen molar-refractivity contribution in [2.24, 2.45) is 0 Å². The summed E-state index contributed by atoms with van der Waals surface area (Å²) in [5.74, 6) is 0.461. The third-order valence-electron chi connectivity index (χ3n) is 4.05. The summed E-state index contributed by atoms with van der Waals surface area (Å²) in [6, 6.07) is 14.6. The molecule has 30 heavy (non-hydrogen) atoms. The van der Waals surface area contributed by atoms with Crippen molar-refractivity contribution in [2.45, 2.75) is 31.2 Å². The van der Waals surface area contributed by atoms with Gasteiger partial charge in [0.25, 0.3) is 0 Å². The average molecular weight is 426 g/mol. The summed E-state index contributed by atoms with van der Waals surface area (Å²) in [5, 5.41) is 13.9. The summed E-state index contributed by atoms with van der Waals surface area (Å²) in [6.45, 7) is 5.77. The van der Waals surface area contributed by atoms with Crippen molar-refractivity contribution in [2.75, 3.05) is 17.2 Å². The first kappa shape index (κ1) is 21.4. The van der Waals surface area contributed by atoms with Gasteiger partial charge in [0.1, 0.15) is 12.1 Å². The van der Waals surface area contributed by atoms with Gasteiger partial charge in [-0.3, -0.25) is 14.2 Å². The van der Waals surface area contributed by atoms with Gasteiger partial charge in [-0.05, 0) is 56.3 Å². The Labute approximate surface area is 179 Å². The molecule has 2 N–H and O–H groups in total. The number of ether oxygens (including phenoxy) is 1. The maximum atomic E-state index is 12.6. The molecule has 3 rings (SSSR count). The van der Waals surface area contributed by atoms with Crippen molar-refractivity contribution in [3.8, 4) is 11.4 Å². The van der Waals surface area contributed by atoms with Crippen LogP contribution in [0.1, 0.15) is 20.8 Å². The second-order valence-corrected chi connectivity index (χ2v) is 7.73. The number of carbonyl (C=O) groups excluding carboxylic acids is 2. The van der Waals surface area contributed by atoms with Crippen molar-refractivity contribution in [1.82, 2.24) is 14.8 Å². The topological polar surface area (TPSA) is 98.1 Å². The maximum absolute atomic E-state index is 12.6. The molecule has 0 spiro atoms. The van der Waals surface area contributed by atoms with Crippen LogP contribution in [0, 0.1) is 0 Å². The Balaban J connectivity index is 1.67. The van der Waals surface area contributed by atoms with Gasteiger partial charge in [-0.1, -0.05) is 17.8 Å². The highest BCUT2D eigenvalue weighted by Crippen LogP contribution is 2.26. The number of aromatic nitrogens is 3. The highest BCUT2D eigenvalue weighted by molar-refractivity contribution is 8.00. The predicted octanol–water partition coefficient (Wildman–Crippen LogP) is 3.74. The van der Waals surface area contributed by atoms with E-state index in [0.29, 0.717) is 23.1 Å². The molecule has 2 aromatic carbocycles. The molecule has 1 atom stereocenters. The van der Waals surface area contributed by atoms with E-state index in [-0.39, 0.29) is 11.8 Å². The first-order valence-electron chi connectivity index (χ1n) is 9.44. The highest BCUT2D eigenvalue weighted by Gasteiger charge is 2.19. The van der Waals surface area contributed by atoms with Crippen molar-refractivity contribution in [1.29, 1.82) is 0 Å². The van der Waals surface area contributed by atoms with E-state index in [1.807, 2.05) is 37.3 Å². The first-order valence-corrected chi connectivity index (χ1v) is 10.3. The number of thioether (sulfide) groups is 1. The lowest BCUT2D eigenvalue weighted by Gasteiger charge is -2.13. The van der Waals surface area contributed by atoms with Crippen LogP contribution in [0.3, 0.4) is 0 Å². The Morgan fingerprint density at radius 2 is 1.90 bits per heavy atom. The summed E-state index contributed by atoms with van der Waals surface area (Å²) < 4.78 is 7.18. The summed E-state index contributed by atoms with van der Waals surface area (Å²) in [6.07, 6.45) is 1.58. The fourth-order valence-corrected chi connectivity index (χ4v) is 3.52. The summed E-state index contributed by atoms with van der Waals surface area (Å²) in [7, 11) is 0. The van der Waals surface area contributed by atoms with E-state index in [4.69, 9.17) is 4.74 Å². The predicted molar refractivity (Wildman–Crippen MR) is 117 cm³/mol. The van der Waals surface area contributed by atoms with Crippen LogP contribution in [0.5, 0.6) is 5.75 Å². The van der Waals surface area contributed by atoms with E-state index in [9.17, 15) is 9.59 Å². The molecule has 2 amide bonds. The third kappa shape index (κ3) is 5.60. The molecular formula is C21H23N5O3S. The quantitative estimate of drug-likeness (QED) is 0.534. The van der Waals surface area contributed by atoms with Crippen LogP contribution in [-0.2, 0) is 9.59 Å². The molecule has 0 aliphatic rings. The van der Waals surface area contributed by atoms with Gasteiger partial charge in [-0.2, -0.15) is 0 Å². The van der Waals surface area contributed by atoms with E-state index in [2.05, 4.69) is 20.8 Å². The minimum Gasteiger partial charge on any atom is -0.494 e. The van der Waals surface area contributed by atoms with Crippen LogP contribution in [0.2, 0.25) is 0 Å². The molecule has 8 nitrogen and oxygen atoms in total. The average Bonchev–Trinajstić information content (AvgIpc) is 3.17. The number of nitrogens with zero attached hydrogens (tertiary/aromatic N) is 3. The summed E-state index contributed by atoms with van der Waals surface area (Å²) >= 11 is 1.30. The maximum Gasteiger partial charge on any atom is 0.237 e. The summed E-state index contributed by atoms with van der Waals surface area (Å²) in [4.78, 5) is 23.9. The minimum absolute atomic E-state index is 0.147. The molecule has 0 saturated carbocycles. The Hall–Kier alpha value is -3.33. The van der Waals surface area contributed by atoms with E-state index >= 15 is 0 Å². The van der Waals surface area contributed by atoms with E-state index in [0.717, 1.165) is 11.4 Å². The smallest absolute Gasteiger partial charge is 0.237 e. The van der Waals surface area contributed by atoms with Crippen LogP contribution in [0.15, 0.2) is 60.0 Å². The number of carbonyl (C=O) groups is 2. The van der Waals surface area contributed by atoms with Crippen LogP contribution < -0.4 is 15.4 Å². The molecule has 0 radical (unpaired) electrons. The van der Waals surface area contributed by atoms with Gasteiger partial charge in [-0.15, -0.1) is 10.2 Å². The molecule has 1 unspecified atom stereocenters. The Morgan fingerprint density at radius 1 is 1.13 bits per heavy atom. The van der Waals surface area contributed by atoms with Crippen LogP contribution in [0.25, 0.3) is 5.69 Å². The fraction of sp³-hybridized carbons (Fsp3) is 0.238. The molecule has 156 valence electrons. The SMILES string of the molecule is CCOc1ccc(NC(=O)C(C)Sc2nncn2-c2cccc(NC(C)=O)c2)cc1. The Morgan fingerprint density at radius 3 is 2.60 bits per heavy atom. The number of rotatable bonds is 8. The minimum atomic E-state index is -0.405. The number of hydrogen-bond donors (Lipinski definition) is 2. The molecule has 3 aromatic rings. The lowest BCUT2D eigenvalue weighted by atomic mass is 10.2. The van der Waals surface area contributed by atoms with Crippen LogP contribution in [0.4, 0.5) is 11.4 Å². The summed E-state index contributed by atoms with van der Waals surface area (Å²) in [5.41, 5.74) is 2.15. The van der Waals surface area contributed by atoms with Crippen molar-refractivity contribution < 1.29 is 14.3 Å². The highest BCUT2D eigenvalue weighted by atomic mass is 32.2. The monoisotopic (exact) mass is 425 g/mol. The van der Waals surface area contributed by atoms with Gasteiger partial charge in [0.15, 0.2) is 5.16 Å². The van der Waals surface area contributed by atoms with Crippen molar-refractivity contribution >= 4 is 35.0 Å². The van der Waals surface area contributed by atoms with Gasteiger partial charge < -0.3 is 15.4 Å². The number of nitrogens with one attached hydrogen (secondary N) is 2. The second kappa shape index (κ2) is 9.93. The molecule has 0 aliphatic carbocycles. The number of benzene rings is 2. The van der Waals surface area contributed by atoms with Gasteiger partial charge in [0.2, 0.25) is 11.8 Å². The van der Waals surface area contributed by atoms with Gasteiger partial charge in [-0.25, -0.2) is 0 Å². The number of hydrogen-bond acceptors (Lipinski definition) is 6.